The lowest BCUT2D eigenvalue weighted by atomic mass is 9.51. The Labute approximate surface area is 234 Å². The van der Waals surface area contributed by atoms with Crippen molar-refractivity contribution in [2.24, 2.45) is 11.8 Å². The molecule has 1 N–H and O–H groups in total. The minimum absolute atomic E-state index is 0.0905. The minimum Gasteiger partial charge on any atom is -0.506 e. The van der Waals surface area contributed by atoms with E-state index in [4.69, 9.17) is 14.2 Å². The van der Waals surface area contributed by atoms with E-state index in [1.54, 1.807) is 25.2 Å². The largest absolute Gasteiger partial charge is 0.506 e. The van der Waals surface area contributed by atoms with Crippen LogP contribution in [0.2, 0.25) is 0 Å². The van der Waals surface area contributed by atoms with Gasteiger partial charge in [-0.2, -0.15) is 0 Å². The lowest BCUT2D eigenvalue weighted by Crippen LogP contribution is -2.72. The second kappa shape index (κ2) is 8.29. The zero-order valence-electron chi connectivity index (χ0n) is 24.1. The molecule has 7 nitrogen and oxygen atoms in total. The molecule has 7 rings (SSSR count). The van der Waals surface area contributed by atoms with Crippen LogP contribution in [0.5, 0.6) is 17.2 Å². The number of aldehydes is 1. The van der Waals surface area contributed by atoms with Crippen molar-refractivity contribution < 1.29 is 33.7 Å². The van der Waals surface area contributed by atoms with Gasteiger partial charge in [-0.1, -0.05) is 23.8 Å². The van der Waals surface area contributed by atoms with E-state index in [1.165, 1.54) is 0 Å². The predicted molar refractivity (Wildman–Crippen MR) is 150 cm³/mol. The summed E-state index contributed by atoms with van der Waals surface area (Å²) in [5, 5.41) is 11.5. The fourth-order valence-corrected chi connectivity index (χ4v) is 7.41. The molecule has 1 spiro atoms. The van der Waals surface area contributed by atoms with Crippen molar-refractivity contribution in [2.75, 3.05) is 0 Å². The smallest absolute Gasteiger partial charge is 0.200 e. The van der Waals surface area contributed by atoms with Crippen LogP contribution in [0.4, 0.5) is 0 Å². The van der Waals surface area contributed by atoms with Gasteiger partial charge in [0.2, 0.25) is 0 Å². The van der Waals surface area contributed by atoms with Crippen molar-refractivity contribution in [3.63, 3.8) is 0 Å². The van der Waals surface area contributed by atoms with Crippen LogP contribution in [0.25, 0.3) is 6.08 Å². The van der Waals surface area contributed by atoms with Gasteiger partial charge >= 0.3 is 0 Å². The summed E-state index contributed by atoms with van der Waals surface area (Å²) in [6, 6.07) is 0. The molecule has 3 aliphatic carbocycles. The van der Waals surface area contributed by atoms with Gasteiger partial charge in [0.05, 0.1) is 11.2 Å². The van der Waals surface area contributed by atoms with Gasteiger partial charge in [-0.3, -0.25) is 14.4 Å². The summed E-state index contributed by atoms with van der Waals surface area (Å²) in [5.41, 5.74) is -1.26. The average Bonchev–Trinajstić information content (AvgIpc) is 3.03. The number of aromatic hydroxyl groups is 1. The number of allylic oxidation sites excluding steroid dienone is 4. The Morgan fingerprint density at radius 1 is 1.07 bits per heavy atom. The van der Waals surface area contributed by atoms with E-state index >= 15 is 0 Å². The van der Waals surface area contributed by atoms with Gasteiger partial charge in [-0.15, -0.1) is 0 Å². The van der Waals surface area contributed by atoms with Gasteiger partial charge in [0.15, 0.2) is 22.8 Å². The Morgan fingerprint density at radius 2 is 1.80 bits per heavy atom. The number of fused-ring (bicyclic) bond motifs is 2. The summed E-state index contributed by atoms with van der Waals surface area (Å²) in [4.78, 5) is 40.1. The second-order valence-electron chi connectivity index (χ2n) is 13.1. The molecule has 1 saturated heterocycles. The number of ether oxygens (including phenoxy) is 3. The fourth-order valence-electron chi connectivity index (χ4n) is 7.41. The first-order valence-electron chi connectivity index (χ1n) is 13.9. The summed E-state index contributed by atoms with van der Waals surface area (Å²) in [6.45, 7) is 13.4. The molecule has 6 aliphatic rings. The maximum absolute atomic E-state index is 14.5. The number of carbonyl (C=O) groups is 3. The molecule has 0 aromatic heterocycles. The topological polar surface area (TPSA) is 99.1 Å². The Balaban J connectivity index is 1.67. The first kappa shape index (κ1) is 26.8. The van der Waals surface area contributed by atoms with E-state index in [-0.39, 0.29) is 41.0 Å². The lowest BCUT2D eigenvalue weighted by molar-refractivity contribution is -0.171. The van der Waals surface area contributed by atoms with Crippen molar-refractivity contribution in [1.82, 2.24) is 0 Å². The minimum atomic E-state index is -1.49. The number of phenols is 1. The van der Waals surface area contributed by atoms with Crippen LogP contribution in [-0.4, -0.2) is 45.4 Å². The molecule has 1 aromatic rings. The molecule has 2 fully saturated rings. The summed E-state index contributed by atoms with van der Waals surface area (Å²) in [5.74, 6) is -0.814. The zero-order valence-corrected chi connectivity index (χ0v) is 24.1. The molecule has 4 bridgehead atoms. The average molecular weight is 545 g/mol. The highest BCUT2D eigenvalue weighted by molar-refractivity contribution is 6.19. The van der Waals surface area contributed by atoms with E-state index in [2.05, 4.69) is 0 Å². The van der Waals surface area contributed by atoms with Gasteiger partial charge in [-0.05, 0) is 79.0 Å². The monoisotopic (exact) mass is 544 g/mol. The first-order valence-corrected chi connectivity index (χ1v) is 13.9. The third-order valence-electron chi connectivity index (χ3n) is 9.23. The molecule has 1 aromatic carbocycles. The molecule has 210 valence electrons. The number of phenolic OH excluding ortho intramolecular Hbond substituents is 1. The van der Waals surface area contributed by atoms with Crippen molar-refractivity contribution >= 4 is 23.9 Å². The fraction of sp³-hybridized carbons (Fsp3) is 0.485. The molecule has 1 saturated carbocycles. The van der Waals surface area contributed by atoms with Crippen molar-refractivity contribution in [2.45, 2.75) is 90.1 Å². The third-order valence-corrected chi connectivity index (χ3v) is 9.23. The highest BCUT2D eigenvalue weighted by Crippen LogP contribution is 2.68. The molecule has 0 amide bonds. The van der Waals surface area contributed by atoms with Crippen LogP contribution >= 0.6 is 0 Å². The number of benzene rings is 1. The maximum atomic E-state index is 14.5. The number of Topliss-reactive ketones (excluding diaryl/α,β-unsaturated/α-hetero) is 2. The van der Waals surface area contributed by atoms with E-state index in [9.17, 15) is 19.5 Å². The Hall–Kier alpha value is -3.45. The zero-order chi connectivity index (χ0) is 29.0. The van der Waals surface area contributed by atoms with Crippen LogP contribution in [-0.2, 0) is 20.7 Å². The molecule has 3 aliphatic heterocycles. The van der Waals surface area contributed by atoms with Gasteiger partial charge in [0.25, 0.3) is 0 Å². The second-order valence-corrected chi connectivity index (χ2v) is 13.1. The molecule has 0 unspecified atom stereocenters. The van der Waals surface area contributed by atoms with Crippen LogP contribution in [0.3, 0.4) is 0 Å². The Morgan fingerprint density at radius 3 is 2.48 bits per heavy atom. The van der Waals surface area contributed by atoms with E-state index in [1.807, 2.05) is 53.7 Å². The number of carbonyl (C=O) groups excluding carboxylic acids is 3. The lowest BCUT2D eigenvalue weighted by Gasteiger charge is -2.56. The SMILES string of the molecule is CC(C)=CCc1c2c(c(O)c3c1O[C@@]14C(=C[C@H]5C[C@@H]1C(C)(C)O[C@]4(CC=C(C)C=O)C5=O)C3=O)C=CC(C)(C)O2. The van der Waals surface area contributed by atoms with Crippen LogP contribution in [0.15, 0.2) is 41.0 Å². The molecular formula is C33H36O7. The normalized spacial score (nSPS) is 31.9. The molecule has 40 heavy (non-hydrogen) atoms. The van der Waals surface area contributed by atoms with E-state index in [0.717, 1.165) is 11.9 Å². The number of rotatable bonds is 5. The molecule has 7 heteroatoms. The quantitative estimate of drug-likeness (QED) is 0.292. The molecular weight excluding hydrogens is 508 g/mol. The van der Waals surface area contributed by atoms with Crippen LogP contribution in [0.1, 0.15) is 82.8 Å². The summed E-state index contributed by atoms with van der Waals surface area (Å²) in [7, 11) is 0. The van der Waals surface area contributed by atoms with E-state index in [0.29, 0.717) is 40.9 Å². The Kier molecular flexibility index (Phi) is 5.54. The molecule has 4 atom stereocenters. The summed E-state index contributed by atoms with van der Waals surface area (Å²) in [6.07, 6.45) is 10.8. The van der Waals surface area contributed by atoms with Crippen LogP contribution in [0, 0.1) is 11.8 Å². The molecule has 3 heterocycles. The Bertz CT molecular complexity index is 1510. The third kappa shape index (κ3) is 3.30. The number of hydrogen-bond acceptors (Lipinski definition) is 7. The van der Waals surface area contributed by atoms with Gasteiger partial charge in [0, 0.05) is 29.4 Å². The summed E-state index contributed by atoms with van der Waals surface area (Å²) < 4.78 is 20.2. The highest BCUT2D eigenvalue weighted by Gasteiger charge is 2.81. The van der Waals surface area contributed by atoms with Crippen molar-refractivity contribution in [3.8, 4) is 17.2 Å². The van der Waals surface area contributed by atoms with Gasteiger partial charge in [0.1, 0.15) is 34.7 Å². The van der Waals surface area contributed by atoms with Crippen molar-refractivity contribution in [3.05, 3.63) is 57.7 Å². The van der Waals surface area contributed by atoms with Crippen molar-refractivity contribution in [1.29, 1.82) is 0 Å². The van der Waals surface area contributed by atoms with Gasteiger partial charge < -0.3 is 19.3 Å². The standard InChI is InChI=1S/C33H36O7/c1-17(2)8-9-21-27-20(11-12-30(4,5)38-27)25(35)24-26(36)22-14-19-15-23-31(6,7)40-32(29(19)37,13-10-18(3)16-34)33(22,23)39-28(21)24/h8,10-12,14,16,19,23,35H,9,13,15H2,1-7H3/t19-,23+,32+,33-/m0/s1. The highest BCUT2D eigenvalue weighted by atomic mass is 16.6. The maximum Gasteiger partial charge on any atom is 0.200 e. The summed E-state index contributed by atoms with van der Waals surface area (Å²) >= 11 is 0. The molecule has 0 radical (unpaired) electrons. The van der Waals surface area contributed by atoms with E-state index < -0.39 is 28.3 Å². The van der Waals surface area contributed by atoms with Gasteiger partial charge in [-0.25, -0.2) is 0 Å². The predicted octanol–water partition coefficient (Wildman–Crippen LogP) is 5.63. The van der Waals surface area contributed by atoms with Crippen LogP contribution < -0.4 is 9.47 Å². The number of ketones is 2. The number of hydrogen-bond donors (Lipinski definition) is 1. The first-order chi connectivity index (χ1) is 18.7.